The maximum absolute atomic E-state index is 12.6. The zero-order valence-corrected chi connectivity index (χ0v) is 16.2. The van der Waals surface area contributed by atoms with Crippen molar-refractivity contribution in [2.75, 3.05) is 20.2 Å². The van der Waals surface area contributed by atoms with Gasteiger partial charge in [-0.2, -0.15) is 0 Å². The highest BCUT2D eigenvalue weighted by Gasteiger charge is 2.31. The fourth-order valence-electron chi connectivity index (χ4n) is 2.46. The highest BCUT2D eigenvalue weighted by Crippen LogP contribution is 2.32. The van der Waals surface area contributed by atoms with Crippen LogP contribution >= 0.6 is 24.0 Å². The number of hydrogen-bond acceptors (Lipinski definition) is 6. The van der Waals surface area contributed by atoms with E-state index in [0.717, 1.165) is 11.3 Å². The quantitative estimate of drug-likeness (QED) is 0.595. The molecule has 1 saturated heterocycles. The normalized spacial score (nSPS) is 15.3. The SMILES string of the molecule is COc1cccc(/C=C2/SC(=S)N(CCNC(=O)c3ccncc3)C2=O)c1. The average Bonchev–Trinajstić information content (AvgIpc) is 2.96. The molecule has 0 atom stereocenters. The second-order valence-electron chi connectivity index (χ2n) is 5.60. The van der Waals surface area contributed by atoms with Gasteiger partial charge in [0.05, 0.1) is 12.0 Å². The molecule has 3 rings (SSSR count). The number of benzene rings is 1. The monoisotopic (exact) mass is 399 g/mol. The minimum absolute atomic E-state index is 0.161. The largest absolute Gasteiger partial charge is 0.497 e. The molecule has 8 heteroatoms. The molecular weight excluding hydrogens is 382 g/mol. The highest BCUT2D eigenvalue weighted by atomic mass is 32.2. The number of amides is 2. The Kier molecular flexibility index (Phi) is 6.20. The lowest BCUT2D eigenvalue weighted by Gasteiger charge is -2.14. The smallest absolute Gasteiger partial charge is 0.266 e. The van der Waals surface area contributed by atoms with Crippen LogP contribution in [0.15, 0.2) is 53.7 Å². The van der Waals surface area contributed by atoms with Crippen molar-refractivity contribution in [2.24, 2.45) is 0 Å². The van der Waals surface area contributed by atoms with Crippen LogP contribution in [0.5, 0.6) is 5.75 Å². The summed E-state index contributed by atoms with van der Waals surface area (Å²) in [5, 5.41) is 2.78. The van der Waals surface area contributed by atoms with Crippen molar-refractivity contribution in [2.45, 2.75) is 0 Å². The number of pyridine rings is 1. The molecule has 0 radical (unpaired) electrons. The zero-order valence-electron chi connectivity index (χ0n) is 14.5. The van der Waals surface area contributed by atoms with E-state index in [2.05, 4.69) is 10.3 Å². The predicted molar refractivity (Wildman–Crippen MR) is 109 cm³/mol. The van der Waals surface area contributed by atoms with Gasteiger partial charge in [-0.25, -0.2) is 0 Å². The van der Waals surface area contributed by atoms with E-state index in [1.54, 1.807) is 37.7 Å². The second-order valence-corrected chi connectivity index (χ2v) is 7.28. The predicted octanol–water partition coefficient (Wildman–Crippen LogP) is 2.72. The Labute approximate surface area is 166 Å². The van der Waals surface area contributed by atoms with Crippen molar-refractivity contribution in [3.05, 3.63) is 64.8 Å². The lowest BCUT2D eigenvalue weighted by Crippen LogP contribution is -2.37. The van der Waals surface area contributed by atoms with Crippen LogP contribution in [0.4, 0.5) is 0 Å². The molecule has 138 valence electrons. The summed E-state index contributed by atoms with van der Waals surface area (Å²) in [4.78, 5) is 30.6. The molecule has 2 heterocycles. The van der Waals surface area contributed by atoms with Gasteiger partial charge in [-0.3, -0.25) is 19.5 Å². The van der Waals surface area contributed by atoms with E-state index < -0.39 is 0 Å². The third kappa shape index (κ3) is 4.72. The first kappa shape index (κ1) is 19.1. The highest BCUT2D eigenvalue weighted by molar-refractivity contribution is 8.26. The summed E-state index contributed by atoms with van der Waals surface area (Å²) in [5.74, 6) is 0.346. The number of nitrogens with one attached hydrogen (secondary N) is 1. The standard InChI is InChI=1S/C19H17N3O3S2/c1-25-15-4-2-3-13(11-15)12-16-18(24)22(19(26)27-16)10-9-21-17(23)14-5-7-20-8-6-14/h2-8,11-12H,9-10H2,1H3,(H,21,23)/b16-12+. The molecule has 0 spiro atoms. The topological polar surface area (TPSA) is 71.5 Å². The molecule has 27 heavy (non-hydrogen) atoms. The molecule has 2 aromatic rings. The summed E-state index contributed by atoms with van der Waals surface area (Å²) >= 11 is 6.57. The van der Waals surface area contributed by atoms with Crippen molar-refractivity contribution in [3.8, 4) is 5.75 Å². The van der Waals surface area contributed by atoms with Gasteiger partial charge in [0.25, 0.3) is 11.8 Å². The summed E-state index contributed by atoms with van der Waals surface area (Å²) in [5.41, 5.74) is 1.38. The summed E-state index contributed by atoms with van der Waals surface area (Å²) in [7, 11) is 1.60. The van der Waals surface area contributed by atoms with Gasteiger partial charge in [0, 0.05) is 31.0 Å². The summed E-state index contributed by atoms with van der Waals surface area (Å²) in [6, 6.07) is 10.7. The van der Waals surface area contributed by atoms with E-state index in [1.807, 2.05) is 24.3 Å². The average molecular weight is 399 g/mol. The Balaban J connectivity index is 1.60. The number of aromatic nitrogens is 1. The van der Waals surface area contributed by atoms with Crippen LogP contribution < -0.4 is 10.1 Å². The zero-order chi connectivity index (χ0) is 19.2. The van der Waals surface area contributed by atoms with Crippen LogP contribution in [0.3, 0.4) is 0 Å². The Hall–Kier alpha value is -2.71. The number of carbonyl (C=O) groups excluding carboxylic acids is 2. The molecule has 0 saturated carbocycles. The maximum atomic E-state index is 12.6. The molecule has 1 aromatic carbocycles. The van der Waals surface area contributed by atoms with Gasteiger partial charge < -0.3 is 10.1 Å². The van der Waals surface area contributed by atoms with Crippen LogP contribution in [0.1, 0.15) is 15.9 Å². The number of rotatable bonds is 6. The van der Waals surface area contributed by atoms with Crippen LogP contribution in [0.25, 0.3) is 6.08 Å². The number of ether oxygens (including phenoxy) is 1. The molecule has 1 fully saturated rings. The Morgan fingerprint density at radius 3 is 2.85 bits per heavy atom. The minimum Gasteiger partial charge on any atom is -0.497 e. The minimum atomic E-state index is -0.213. The van der Waals surface area contributed by atoms with Crippen molar-refractivity contribution in [1.82, 2.24) is 15.2 Å². The number of thioether (sulfide) groups is 1. The van der Waals surface area contributed by atoms with E-state index in [9.17, 15) is 9.59 Å². The van der Waals surface area contributed by atoms with Crippen molar-refractivity contribution in [1.29, 1.82) is 0 Å². The van der Waals surface area contributed by atoms with E-state index >= 15 is 0 Å². The fourth-order valence-corrected chi connectivity index (χ4v) is 3.77. The van der Waals surface area contributed by atoms with Crippen LogP contribution in [0.2, 0.25) is 0 Å². The first-order valence-corrected chi connectivity index (χ1v) is 9.38. The van der Waals surface area contributed by atoms with Gasteiger partial charge in [0.2, 0.25) is 0 Å². The Bertz CT molecular complexity index is 900. The van der Waals surface area contributed by atoms with E-state index in [4.69, 9.17) is 17.0 Å². The second kappa shape index (κ2) is 8.79. The molecule has 0 aliphatic carbocycles. The van der Waals surface area contributed by atoms with Gasteiger partial charge in [-0.15, -0.1) is 0 Å². The van der Waals surface area contributed by atoms with E-state index in [0.29, 0.717) is 27.9 Å². The molecule has 0 bridgehead atoms. The number of hydrogen-bond donors (Lipinski definition) is 1. The van der Waals surface area contributed by atoms with Crippen molar-refractivity contribution >= 4 is 46.2 Å². The Morgan fingerprint density at radius 1 is 1.33 bits per heavy atom. The molecule has 6 nitrogen and oxygen atoms in total. The number of thiocarbonyl (C=S) groups is 1. The van der Waals surface area contributed by atoms with Crippen LogP contribution in [-0.2, 0) is 4.79 Å². The summed E-state index contributed by atoms with van der Waals surface area (Å²) in [6.45, 7) is 0.622. The first-order valence-electron chi connectivity index (χ1n) is 8.16. The molecule has 0 unspecified atom stereocenters. The molecule has 1 aliphatic rings. The van der Waals surface area contributed by atoms with Gasteiger partial charge in [-0.05, 0) is 35.9 Å². The third-order valence-corrected chi connectivity index (χ3v) is 5.21. The first-order chi connectivity index (χ1) is 13.1. The summed E-state index contributed by atoms with van der Waals surface area (Å²) < 4.78 is 5.68. The van der Waals surface area contributed by atoms with Crippen LogP contribution in [0, 0.1) is 0 Å². The lowest BCUT2D eigenvalue weighted by atomic mass is 10.2. The van der Waals surface area contributed by atoms with E-state index in [1.165, 1.54) is 16.7 Å². The molecule has 1 N–H and O–H groups in total. The number of carbonyl (C=O) groups is 2. The van der Waals surface area contributed by atoms with Crippen molar-refractivity contribution in [3.63, 3.8) is 0 Å². The fraction of sp³-hybridized carbons (Fsp3) is 0.158. The third-order valence-electron chi connectivity index (χ3n) is 3.83. The Morgan fingerprint density at radius 2 is 2.11 bits per heavy atom. The van der Waals surface area contributed by atoms with Gasteiger partial charge in [0.1, 0.15) is 10.1 Å². The summed E-state index contributed by atoms with van der Waals surface area (Å²) in [6.07, 6.45) is 4.90. The van der Waals surface area contributed by atoms with Gasteiger partial charge in [0.15, 0.2) is 0 Å². The maximum Gasteiger partial charge on any atom is 0.266 e. The number of nitrogens with zero attached hydrogens (tertiary/aromatic N) is 2. The van der Waals surface area contributed by atoms with Crippen LogP contribution in [-0.4, -0.2) is 46.2 Å². The van der Waals surface area contributed by atoms with Gasteiger partial charge in [-0.1, -0.05) is 36.1 Å². The van der Waals surface area contributed by atoms with Gasteiger partial charge >= 0.3 is 0 Å². The number of methoxy groups -OCH3 is 1. The molecule has 1 aliphatic heterocycles. The molecular formula is C19H17N3O3S2. The van der Waals surface area contributed by atoms with E-state index in [-0.39, 0.29) is 11.8 Å². The molecule has 1 aromatic heterocycles. The van der Waals surface area contributed by atoms with Crippen molar-refractivity contribution < 1.29 is 14.3 Å². The molecule has 2 amide bonds. The lowest BCUT2D eigenvalue weighted by molar-refractivity contribution is -0.122.